The number of hydrogen-bond donors (Lipinski definition) is 1. The molecule has 2 atom stereocenters. The minimum absolute atomic E-state index is 0.0609. The molecule has 1 saturated heterocycles. The van der Waals surface area contributed by atoms with E-state index in [1.807, 2.05) is 54.6 Å². The number of halogens is 2. The van der Waals surface area contributed by atoms with Gasteiger partial charge in [0.2, 0.25) is 5.91 Å². The Hall–Kier alpha value is -2.92. The number of anilines is 1. The summed E-state index contributed by atoms with van der Waals surface area (Å²) >= 11 is 12.3. The molecule has 0 spiro atoms. The molecule has 0 unspecified atom stereocenters. The summed E-state index contributed by atoms with van der Waals surface area (Å²) in [5, 5.41) is 5.25. The second-order valence-electron chi connectivity index (χ2n) is 10.1. The summed E-state index contributed by atoms with van der Waals surface area (Å²) in [4.78, 5) is 20.2. The molecule has 2 heterocycles. The van der Waals surface area contributed by atoms with Crippen molar-refractivity contribution >= 4 is 45.7 Å². The number of rotatable bonds is 6. The van der Waals surface area contributed by atoms with Gasteiger partial charge in [-0.05, 0) is 74.2 Å². The van der Waals surface area contributed by atoms with E-state index >= 15 is 0 Å². The largest absolute Gasteiger partial charge is 0.326 e. The Morgan fingerprint density at radius 2 is 1.70 bits per heavy atom. The van der Waals surface area contributed by atoms with E-state index in [2.05, 4.69) is 36.2 Å². The number of fused-ring (bicyclic) bond motifs is 1. The van der Waals surface area contributed by atoms with Gasteiger partial charge in [-0.15, -0.1) is 0 Å². The lowest BCUT2D eigenvalue weighted by atomic mass is 9.97. The average Bonchev–Trinajstić information content (AvgIpc) is 2.87. The molecule has 0 aliphatic carbocycles. The molecule has 0 saturated carbocycles. The second kappa shape index (κ2) is 11.2. The van der Waals surface area contributed by atoms with E-state index in [-0.39, 0.29) is 12.3 Å². The maximum absolute atomic E-state index is 12.7. The Labute approximate surface area is 228 Å². The quantitative estimate of drug-likeness (QED) is 0.273. The van der Waals surface area contributed by atoms with Crippen molar-refractivity contribution in [3.8, 4) is 11.1 Å². The first kappa shape index (κ1) is 25.7. The first-order chi connectivity index (χ1) is 17.9. The lowest BCUT2D eigenvalue weighted by Crippen LogP contribution is -2.43. The Morgan fingerprint density at radius 1 is 0.946 bits per heavy atom. The number of pyridine rings is 1. The van der Waals surface area contributed by atoms with E-state index in [4.69, 9.17) is 28.2 Å². The maximum Gasteiger partial charge on any atom is 0.228 e. The second-order valence-corrected chi connectivity index (χ2v) is 10.9. The topological polar surface area (TPSA) is 45.2 Å². The summed E-state index contributed by atoms with van der Waals surface area (Å²) in [6, 6.07) is 24.6. The van der Waals surface area contributed by atoms with Gasteiger partial charge in [-0.1, -0.05) is 66.0 Å². The van der Waals surface area contributed by atoms with Crippen LogP contribution in [0.5, 0.6) is 0 Å². The molecule has 1 aliphatic rings. The van der Waals surface area contributed by atoms with Crippen LogP contribution in [-0.4, -0.2) is 27.9 Å². The van der Waals surface area contributed by atoms with Gasteiger partial charge in [0.1, 0.15) is 0 Å². The molecule has 0 bridgehead atoms. The van der Waals surface area contributed by atoms with Gasteiger partial charge >= 0.3 is 0 Å². The van der Waals surface area contributed by atoms with Gasteiger partial charge < -0.3 is 5.32 Å². The van der Waals surface area contributed by atoms with Gasteiger partial charge in [0.15, 0.2) is 0 Å². The number of nitrogens with zero attached hydrogens (tertiary/aromatic N) is 2. The zero-order valence-electron chi connectivity index (χ0n) is 21.2. The predicted molar refractivity (Wildman–Crippen MR) is 154 cm³/mol. The molecule has 1 amide bonds. The summed E-state index contributed by atoms with van der Waals surface area (Å²) in [6.45, 7) is 5.50. The molecular weight excluding hydrogens is 501 g/mol. The van der Waals surface area contributed by atoms with Crippen LogP contribution in [-0.2, 0) is 17.8 Å². The van der Waals surface area contributed by atoms with Gasteiger partial charge in [0.05, 0.1) is 17.6 Å². The third-order valence-electron chi connectivity index (χ3n) is 7.31. The number of hydrogen-bond acceptors (Lipinski definition) is 3. The Bertz CT molecular complexity index is 1410. The minimum Gasteiger partial charge on any atom is -0.326 e. The van der Waals surface area contributed by atoms with Crippen molar-refractivity contribution in [3.63, 3.8) is 0 Å². The van der Waals surface area contributed by atoms with Crippen LogP contribution in [0.4, 0.5) is 5.69 Å². The highest BCUT2D eigenvalue weighted by molar-refractivity contribution is 6.36. The molecule has 1 N–H and O–H groups in total. The molecule has 0 radical (unpaired) electrons. The number of aromatic nitrogens is 1. The number of carbonyl (C=O) groups is 1. The molecule has 190 valence electrons. The van der Waals surface area contributed by atoms with E-state index in [1.165, 1.54) is 19.3 Å². The zero-order valence-corrected chi connectivity index (χ0v) is 22.7. The first-order valence-corrected chi connectivity index (χ1v) is 13.6. The Morgan fingerprint density at radius 3 is 2.43 bits per heavy atom. The van der Waals surface area contributed by atoms with E-state index in [0.717, 1.165) is 45.5 Å². The summed E-state index contributed by atoms with van der Waals surface area (Å²) in [6.07, 6.45) is 4.10. The SMILES string of the molecule is C[C@@H]1CCC[C@H](C)N1Cc1ccc2cc(NC(=O)Cc3ccc(-c4ccc(Cl)cc4Cl)cc3)ccc2n1. The number of nitrogens with one attached hydrogen (secondary N) is 1. The monoisotopic (exact) mass is 531 g/mol. The van der Waals surface area contributed by atoms with Crippen molar-refractivity contribution in [2.45, 2.75) is 58.2 Å². The standard InChI is InChI=1S/C31H31Cl2N3O/c1-20-4-3-5-21(2)36(20)19-27-12-10-24-17-26(13-15-30(24)34-27)35-31(37)16-22-6-8-23(9-7-22)28-14-11-25(32)18-29(28)33/h6-15,17-18,20-21H,3-5,16,19H2,1-2H3,(H,35,37)/t20-,21+. The average molecular weight is 533 g/mol. The number of piperidine rings is 1. The van der Waals surface area contributed by atoms with Crippen LogP contribution in [0.3, 0.4) is 0 Å². The third-order valence-corrected chi connectivity index (χ3v) is 7.86. The number of benzene rings is 3. The molecule has 4 aromatic rings. The molecule has 4 nitrogen and oxygen atoms in total. The van der Waals surface area contributed by atoms with Crippen LogP contribution in [0.2, 0.25) is 10.0 Å². The van der Waals surface area contributed by atoms with Crippen molar-refractivity contribution in [1.82, 2.24) is 9.88 Å². The van der Waals surface area contributed by atoms with Gasteiger partial charge in [0.25, 0.3) is 0 Å². The molecule has 6 heteroatoms. The molecule has 1 aromatic heterocycles. The van der Waals surface area contributed by atoms with Crippen molar-refractivity contribution in [3.05, 3.63) is 94.1 Å². The van der Waals surface area contributed by atoms with Crippen molar-refractivity contribution in [2.75, 3.05) is 5.32 Å². The van der Waals surface area contributed by atoms with E-state index in [1.54, 1.807) is 6.07 Å². The zero-order chi connectivity index (χ0) is 25.9. The number of amides is 1. The predicted octanol–water partition coefficient (Wildman–Crippen LogP) is 8.15. The number of likely N-dealkylation sites (tertiary alicyclic amines) is 1. The highest BCUT2D eigenvalue weighted by Crippen LogP contribution is 2.30. The molecule has 1 fully saturated rings. The highest BCUT2D eigenvalue weighted by Gasteiger charge is 2.24. The van der Waals surface area contributed by atoms with Crippen molar-refractivity contribution in [1.29, 1.82) is 0 Å². The molecule has 5 rings (SSSR count). The Balaban J connectivity index is 1.22. The fraction of sp³-hybridized carbons (Fsp3) is 0.290. The highest BCUT2D eigenvalue weighted by atomic mass is 35.5. The molecule has 1 aliphatic heterocycles. The van der Waals surface area contributed by atoms with Gasteiger partial charge in [0, 0.05) is 45.3 Å². The van der Waals surface area contributed by atoms with E-state index in [0.29, 0.717) is 22.1 Å². The van der Waals surface area contributed by atoms with E-state index < -0.39 is 0 Å². The smallest absolute Gasteiger partial charge is 0.228 e. The van der Waals surface area contributed by atoms with E-state index in [9.17, 15) is 4.79 Å². The third kappa shape index (κ3) is 6.15. The molecule has 3 aromatic carbocycles. The minimum atomic E-state index is -0.0609. The van der Waals surface area contributed by atoms with Gasteiger partial charge in [-0.2, -0.15) is 0 Å². The lowest BCUT2D eigenvalue weighted by molar-refractivity contribution is -0.115. The summed E-state index contributed by atoms with van der Waals surface area (Å²) < 4.78 is 0. The van der Waals surface area contributed by atoms with Gasteiger partial charge in [-0.3, -0.25) is 14.7 Å². The number of carbonyl (C=O) groups excluding carboxylic acids is 1. The van der Waals surface area contributed by atoms with Crippen LogP contribution in [0.1, 0.15) is 44.4 Å². The lowest BCUT2D eigenvalue weighted by Gasteiger charge is -2.38. The fourth-order valence-corrected chi connectivity index (χ4v) is 5.74. The fourth-order valence-electron chi connectivity index (χ4n) is 5.22. The molecular formula is C31H31Cl2N3O. The Kier molecular flexibility index (Phi) is 7.80. The van der Waals surface area contributed by atoms with Gasteiger partial charge in [-0.25, -0.2) is 0 Å². The summed E-state index contributed by atoms with van der Waals surface area (Å²) in [5.41, 5.74) is 5.64. The molecule has 37 heavy (non-hydrogen) atoms. The van der Waals surface area contributed by atoms with Crippen LogP contribution in [0.15, 0.2) is 72.8 Å². The maximum atomic E-state index is 12.7. The summed E-state index contributed by atoms with van der Waals surface area (Å²) in [7, 11) is 0. The van der Waals surface area contributed by atoms with Crippen molar-refractivity contribution in [2.24, 2.45) is 0 Å². The van der Waals surface area contributed by atoms with Crippen LogP contribution in [0.25, 0.3) is 22.0 Å². The van der Waals surface area contributed by atoms with Crippen LogP contribution in [0, 0.1) is 0 Å². The summed E-state index contributed by atoms with van der Waals surface area (Å²) in [5.74, 6) is -0.0609. The van der Waals surface area contributed by atoms with Crippen LogP contribution < -0.4 is 5.32 Å². The van der Waals surface area contributed by atoms with Crippen LogP contribution >= 0.6 is 23.2 Å². The first-order valence-electron chi connectivity index (χ1n) is 12.9. The van der Waals surface area contributed by atoms with Crippen molar-refractivity contribution < 1.29 is 4.79 Å². The normalized spacial score (nSPS) is 18.2.